The van der Waals surface area contributed by atoms with E-state index in [1.165, 1.54) is 11.1 Å². The third-order valence-electron chi connectivity index (χ3n) is 9.22. The fraction of sp³-hybridized carbons (Fsp3) is 0.250. The third kappa shape index (κ3) is 4.98. The Morgan fingerprint density at radius 3 is 0.913 bits per heavy atom. The van der Waals surface area contributed by atoms with E-state index < -0.39 is 0 Å². The van der Waals surface area contributed by atoms with Crippen LogP contribution in [0.1, 0.15) is 52.7 Å². The maximum absolute atomic E-state index is 11.1. The largest absolute Gasteiger partial charge is 0.506 e. The van der Waals surface area contributed by atoms with Crippen LogP contribution < -0.4 is 19.6 Å². The summed E-state index contributed by atoms with van der Waals surface area (Å²) in [6, 6.07) is 37.2. The Morgan fingerprint density at radius 1 is 0.391 bits per heavy atom. The second kappa shape index (κ2) is 10.8. The Balaban J connectivity index is 1.31. The first kappa shape index (κ1) is 29.6. The van der Waals surface area contributed by atoms with E-state index in [4.69, 9.17) is 0 Å². The number of fused-ring (bicyclic) bond motifs is 2. The fourth-order valence-corrected chi connectivity index (χ4v) is 6.59. The number of hydrogen-bond donors (Lipinski definition) is 2. The molecule has 2 heterocycles. The van der Waals surface area contributed by atoms with Gasteiger partial charge in [-0.1, -0.05) is 90.1 Å². The number of benzene rings is 5. The van der Waals surface area contributed by atoms with Gasteiger partial charge in [0, 0.05) is 0 Å². The Labute approximate surface area is 272 Å². The van der Waals surface area contributed by atoms with Gasteiger partial charge in [0.2, 0.25) is 0 Å². The van der Waals surface area contributed by atoms with Gasteiger partial charge in [0.25, 0.3) is 0 Å². The Kier molecular flexibility index (Phi) is 6.93. The van der Waals surface area contributed by atoms with Gasteiger partial charge in [-0.3, -0.25) is 0 Å². The number of aromatic hydroxyl groups is 2. The van der Waals surface area contributed by atoms with Crippen LogP contribution in [-0.2, 0) is 10.8 Å². The van der Waals surface area contributed by atoms with Crippen molar-refractivity contribution < 1.29 is 10.2 Å². The fourth-order valence-electron chi connectivity index (χ4n) is 6.59. The normalized spacial score (nSPS) is 14.6. The summed E-state index contributed by atoms with van der Waals surface area (Å²) in [6.07, 6.45) is 0. The predicted molar refractivity (Wildman–Crippen MR) is 191 cm³/mol. The first-order chi connectivity index (χ1) is 21.9. The lowest BCUT2D eigenvalue weighted by molar-refractivity contribution is 0.474. The first-order valence-electron chi connectivity index (χ1n) is 16.0. The van der Waals surface area contributed by atoms with Gasteiger partial charge in [0.05, 0.1) is 45.5 Å². The highest BCUT2D eigenvalue weighted by atomic mass is 16.3. The van der Waals surface area contributed by atoms with Gasteiger partial charge in [-0.25, -0.2) is 0 Å². The summed E-state index contributed by atoms with van der Waals surface area (Å²) >= 11 is 0. The smallest absolute Gasteiger partial charge is 0.139 e. The molecule has 0 radical (unpaired) electrons. The van der Waals surface area contributed by atoms with E-state index in [0.29, 0.717) is 13.3 Å². The molecule has 0 amide bonds. The number of nitrogens with zero attached hydrogens (tertiary/aromatic N) is 4. The van der Waals surface area contributed by atoms with E-state index in [1.807, 2.05) is 24.3 Å². The van der Waals surface area contributed by atoms with E-state index in [-0.39, 0.29) is 22.3 Å². The van der Waals surface area contributed by atoms with Crippen molar-refractivity contribution in [2.24, 2.45) is 0 Å². The van der Waals surface area contributed by atoms with Gasteiger partial charge in [0.1, 0.15) is 24.8 Å². The number of phenols is 2. The summed E-state index contributed by atoms with van der Waals surface area (Å²) in [5, 5.41) is 22.2. The molecule has 6 nitrogen and oxygen atoms in total. The summed E-state index contributed by atoms with van der Waals surface area (Å²) in [6.45, 7) is 14.3. The summed E-state index contributed by atoms with van der Waals surface area (Å²) in [5.74, 6) is 0.527. The second-order valence-corrected chi connectivity index (χ2v) is 14.4. The second-order valence-electron chi connectivity index (χ2n) is 14.4. The van der Waals surface area contributed by atoms with E-state index in [9.17, 15) is 10.2 Å². The highest BCUT2D eigenvalue weighted by Gasteiger charge is 2.35. The van der Waals surface area contributed by atoms with Crippen molar-refractivity contribution in [3.63, 3.8) is 0 Å². The molecule has 0 atom stereocenters. The van der Waals surface area contributed by atoms with Crippen molar-refractivity contribution in [2.75, 3.05) is 32.9 Å². The minimum absolute atomic E-state index is 0.0518. The van der Waals surface area contributed by atoms with Gasteiger partial charge in [-0.15, -0.1) is 0 Å². The van der Waals surface area contributed by atoms with Gasteiger partial charge in [-0.2, -0.15) is 0 Å². The Morgan fingerprint density at radius 2 is 0.652 bits per heavy atom. The van der Waals surface area contributed by atoms with Crippen LogP contribution in [0.5, 0.6) is 11.5 Å². The zero-order valence-electron chi connectivity index (χ0n) is 27.5. The predicted octanol–water partition coefficient (Wildman–Crippen LogP) is 10.2. The Bertz CT molecular complexity index is 1800. The molecular formula is C40H42N4O2. The molecule has 6 heteroatoms. The van der Waals surface area contributed by atoms with E-state index in [0.717, 1.165) is 45.5 Å². The zero-order valence-corrected chi connectivity index (χ0v) is 27.5. The molecule has 0 aromatic heterocycles. The number of hydrogen-bond acceptors (Lipinski definition) is 6. The van der Waals surface area contributed by atoms with Crippen LogP contribution in [0.3, 0.4) is 0 Å². The maximum Gasteiger partial charge on any atom is 0.139 e. The molecular weight excluding hydrogens is 568 g/mol. The van der Waals surface area contributed by atoms with Crippen LogP contribution in [0.2, 0.25) is 0 Å². The molecule has 5 aromatic carbocycles. The molecule has 2 aliphatic heterocycles. The van der Waals surface area contributed by atoms with Gasteiger partial charge in [-0.05, 0) is 82.6 Å². The lowest BCUT2D eigenvalue weighted by Gasteiger charge is -2.30. The summed E-state index contributed by atoms with van der Waals surface area (Å²) in [5.41, 5.74) is 10.2. The standard InChI is InChI=1S/C40H42N4O2/c1-39(2,3)27-19-21-37(45)35(23-27)43-25-41(31-15-9-11-17-33(31)43)29-13-7-8-14-30(29)42-26-44(34-18-12-10-16-32(34)42)36-24-28(40(4,5)6)20-22-38(36)46/h7-24,45-46H,25-26H2,1-6H3. The number of rotatable bonds is 4. The van der Waals surface area contributed by atoms with Gasteiger partial charge < -0.3 is 29.8 Å². The number of anilines is 8. The first-order valence-corrected chi connectivity index (χ1v) is 16.0. The molecule has 0 unspecified atom stereocenters. The van der Waals surface area contributed by atoms with Crippen molar-refractivity contribution in [3.8, 4) is 11.5 Å². The highest BCUT2D eigenvalue weighted by Crippen LogP contribution is 2.52. The van der Waals surface area contributed by atoms with Crippen LogP contribution in [-0.4, -0.2) is 23.6 Å². The van der Waals surface area contributed by atoms with Gasteiger partial charge in [0.15, 0.2) is 0 Å². The van der Waals surface area contributed by atoms with E-state index in [1.54, 1.807) is 0 Å². The lowest BCUT2D eigenvalue weighted by Crippen LogP contribution is -2.28. The highest BCUT2D eigenvalue weighted by molar-refractivity contribution is 5.95. The summed E-state index contributed by atoms with van der Waals surface area (Å²) < 4.78 is 0. The molecule has 0 saturated carbocycles. The molecule has 5 aromatic rings. The van der Waals surface area contributed by atoms with Crippen molar-refractivity contribution >= 4 is 45.5 Å². The quantitative estimate of drug-likeness (QED) is 0.211. The average molecular weight is 611 g/mol. The molecule has 2 aliphatic rings. The molecule has 0 saturated heterocycles. The topological polar surface area (TPSA) is 53.4 Å². The molecule has 234 valence electrons. The molecule has 0 fully saturated rings. The molecule has 7 rings (SSSR count). The molecule has 0 aliphatic carbocycles. The van der Waals surface area contributed by atoms with E-state index >= 15 is 0 Å². The Hall–Kier alpha value is -5.10. The molecule has 2 N–H and O–H groups in total. The molecule has 46 heavy (non-hydrogen) atoms. The molecule has 0 spiro atoms. The van der Waals surface area contributed by atoms with Crippen LogP contribution in [0.4, 0.5) is 45.5 Å². The average Bonchev–Trinajstić information content (AvgIpc) is 3.60. The third-order valence-corrected chi connectivity index (χ3v) is 9.22. The monoisotopic (exact) mass is 610 g/mol. The minimum Gasteiger partial charge on any atom is -0.506 e. The van der Waals surface area contributed by atoms with E-state index in [2.05, 4.69) is 146 Å². The van der Waals surface area contributed by atoms with Crippen LogP contribution in [0.15, 0.2) is 109 Å². The number of para-hydroxylation sites is 6. The van der Waals surface area contributed by atoms with Crippen LogP contribution >= 0.6 is 0 Å². The SMILES string of the molecule is CC(C)(C)c1ccc(O)c(N2CN(c3ccccc3N3CN(c4cc(C(C)(C)C)ccc4O)c4ccccc43)c3ccccc32)c1. The summed E-state index contributed by atoms with van der Waals surface area (Å²) in [4.78, 5) is 9.07. The lowest BCUT2D eigenvalue weighted by atomic mass is 9.86. The summed E-state index contributed by atoms with van der Waals surface area (Å²) in [7, 11) is 0. The minimum atomic E-state index is -0.0518. The zero-order chi connectivity index (χ0) is 32.4. The van der Waals surface area contributed by atoms with Crippen LogP contribution in [0.25, 0.3) is 0 Å². The van der Waals surface area contributed by atoms with Gasteiger partial charge >= 0.3 is 0 Å². The van der Waals surface area contributed by atoms with Crippen molar-refractivity contribution in [1.29, 1.82) is 0 Å². The van der Waals surface area contributed by atoms with Crippen molar-refractivity contribution in [2.45, 2.75) is 52.4 Å². The van der Waals surface area contributed by atoms with Crippen LogP contribution in [0, 0.1) is 0 Å². The van der Waals surface area contributed by atoms with Crippen molar-refractivity contribution in [3.05, 3.63) is 120 Å². The number of phenolic OH excluding ortho intramolecular Hbond substituents is 2. The molecule has 0 bridgehead atoms. The van der Waals surface area contributed by atoms with Crippen molar-refractivity contribution in [1.82, 2.24) is 0 Å². The maximum atomic E-state index is 11.1.